The number of non-ortho nitro benzene ring substituents is 1. The summed E-state index contributed by atoms with van der Waals surface area (Å²) >= 11 is 5.84. The molecule has 0 heterocycles. The summed E-state index contributed by atoms with van der Waals surface area (Å²) in [5.74, 6) is -0.245. The third kappa shape index (κ3) is 4.76. The number of benzene rings is 3. The van der Waals surface area contributed by atoms with Crippen molar-refractivity contribution in [2.75, 3.05) is 16.7 Å². The molecule has 1 N–H and O–H groups in total. The zero-order valence-corrected chi connectivity index (χ0v) is 17.2. The monoisotopic (exact) mass is 445 g/mol. The maximum Gasteiger partial charge on any atom is 0.269 e. The number of hydrogen-bond donors (Lipinski definition) is 1. The second-order valence-electron chi connectivity index (χ2n) is 6.27. The molecule has 3 aromatic rings. The molecule has 0 aromatic heterocycles. The van der Waals surface area contributed by atoms with Crippen molar-refractivity contribution >= 4 is 44.6 Å². The average Bonchev–Trinajstić information content (AvgIpc) is 2.73. The zero-order chi connectivity index (χ0) is 21.9. The lowest BCUT2D eigenvalue weighted by Gasteiger charge is -2.18. The van der Waals surface area contributed by atoms with Gasteiger partial charge in [0, 0.05) is 41.1 Å². The minimum Gasteiger partial charge on any atom is -0.311 e. The van der Waals surface area contributed by atoms with Crippen molar-refractivity contribution in [2.45, 2.75) is 4.90 Å². The molecule has 30 heavy (non-hydrogen) atoms. The number of nitro groups is 1. The fourth-order valence-corrected chi connectivity index (χ4v) is 3.80. The molecule has 8 nitrogen and oxygen atoms in total. The van der Waals surface area contributed by atoms with Gasteiger partial charge in [-0.15, -0.1) is 0 Å². The van der Waals surface area contributed by atoms with Crippen molar-refractivity contribution in [3.8, 4) is 0 Å². The van der Waals surface area contributed by atoms with Crippen LogP contribution in [-0.4, -0.2) is 26.3 Å². The maximum atomic E-state index is 12.6. The van der Waals surface area contributed by atoms with Gasteiger partial charge in [0.15, 0.2) is 0 Å². The van der Waals surface area contributed by atoms with Gasteiger partial charge in [0.1, 0.15) is 0 Å². The van der Waals surface area contributed by atoms with E-state index in [0.717, 1.165) is 24.3 Å². The Morgan fingerprint density at radius 3 is 2.07 bits per heavy atom. The van der Waals surface area contributed by atoms with E-state index in [1.807, 2.05) is 0 Å². The molecule has 10 heteroatoms. The molecule has 0 spiro atoms. The summed E-state index contributed by atoms with van der Waals surface area (Å²) in [4.78, 5) is 24.0. The normalized spacial score (nSPS) is 11.0. The van der Waals surface area contributed by atoms with Crippen LogP contribution in [0.2, 0.25) is 5.02 Å². The summed E-state index contributed by atoms with van der Waals surface area (Å²) in [6.07, 6.45) is 0. The molecule has 0 aliphatic rings. The summed E-state index contributed by atoms with van der Waals surface area (Å²) in [7, 11) is -2.31. The molecule has 0 aliphatic heterocycles. The van der Waals surface area contributed by atoms with Gasteiger partial charge in [0.2, 0.25) is 0 Å². The first-order chi connectivity index (χ1) is 14.2. The predicted octanol–water partition coefficient (Wildman–Crippen LogP) is 4.33. The van der Waals surface area contributed by atoms with Crippen LogP contribution in [0.3, 0.4) is 0 Å². The van der Waals surface area contributed by atoms with E-state index in [2.05, 4.69) is 4.72 Å². The number of amides is 1. The number of sulfonamides is 1. The lowest BCUT2D eigenvalue weighted by Crippen LogP contribution is -2.26. The maximum absolute atomic E-state index is 12.6. The van der Waals surface area contributed by atoms with Crippen molar-refractivity contribution in [3.05, 3.63) is 93.5 Å². The number of nitrogens with zero attached hydrogens (tertiary/aromatic N) is 2. The van der Waals surface area contributed by atoms with Gasteiger partial charge in [-0.2, -0.15) is 0 Å². The fraction of sp³-hybridized carbons (Fsp3) is 0.0500. The molecule has 0 bridgehead atoms. The summed E-state index contributed by atoms with van der Waals surface area (Å²) < 4.78 is 27.3. The Bertz CT molecular complexity index is 1180. The van der Waals surface area contributed by atoms with E-state index in [1.54, 1.807) is 43.4 Å². The molecule has 0 atom stereocenters. The summed E-state index contributed by atoms with van der Waals surface area (Å²) in [5.41, 5.74) is 1.11. The molecule has 0 saturated carbocycles. The minimum atomic E-state index is -3.92. The van der Waals surface area contributed by atoms with E-state index in [4.69, 9.17) is 11.6 Å². The van der Waals surface area contributed by atoms with Gasteiger partial charge in [0.05, 0.1) is 9.82 Å². The Kier molecular flexibility index (Phi) is 6.04. The second-order valence-corrected chi connectivity index (χ2v) is 8.39. The Labute approximate surface area is 177 Å². The SMILES string of the molecule is CN(C(=O)c1ccc(Cl)cc1)c1ccc(NS(=O)(=O)c2ccc([N+](=O)[O-])cc2)cc1. The predicted molar refractivity (Wildman–Crippen MR) is 115 cm³/mol. The molecular formula is C20H16ClN3O5S. The van der Waals surface area contributed by atoms with Gasteiger partial charge in [0.25, 0.3) is 21.6 Å². The third-order valence-corrected chi connectivity index (χ3v) is 5.91. The van der Waals surface area contributed by atoms with Crippen LogP contribution >= 0.6 is 11.6 Å². The molecule has 0 fully saturated rings. The van der Waals surface area contributed by atoms with Crippen molar-refractivity contribution < 1.29 is 18.1 Å². The minimum absolute atomic E-state index is 0.104. The fourth-order valence-electron chi connectivity index (χ4n) is 2.62. The number of carbonyl (C=O) groups is 1. The largest absolute Gasteiger partial charge is 0.311 e. The van der Waals surface area contributed by atoms with Crippen LogP contribution in [0.15, 0.2) is 77.7 Å². The second kappa shape index (κ2) is 8.52. The van der Waals surface area contributed by atoms with Crippen molar-refractivity contribution in [3.63, 3.8) is 0 Å². The van der Waals surface area contributed by atoms with E-state index in [1.165, 1.54) is 17.0 Å². The average molecular weight is 446 g/mol. The van der Waals surface area contributed by atoms with Crippen LogP contribution in [0.1, 0.15) is 10.4 Å². The highest BCUT2D eigenvalue weighted by atomic mass is 35.5. The van der Waals surface area contributed by atoms with E-state index in [9.17, 15) is 23.3 Å². The van der Waals surface area contributed by atoms with Gasteiger partial charge in [-0.1, -0.05) is 11.6 Å². The Morgan fingerprint density at radius 1 is 0.967 bits per heavy atom. The van der Waals surface area contributed by atoms with Gasteiger partial charge in [-0.25, -0.2) is 8.42 Å². The van der Waals surface area contributed by atoms with Crippen LogP contribution in [0.5, 0.6) is 0 Å². The van der Waals surface area contributed by atoms with Crippen LogP contribution in [0, 0.1) is 10.1 Å². The summed E-state index contributed by atoms with van der Waals surface area (Å²) in [5, 5.41) is 11.2. The summed E-state index contributed by atoms with van der Waals surface area (Å²) in [6, 6.07) is 17.3. The highest BCUT2D eigenvalue weighted by Crippen LogP contribution is 2.23. The quantitative estimate of drug-likeness (QED) is 0.448. The van der Waals surface area contributed by atoms with Crippen molar-refractivity contribution in [2.24, 2.45) is 0 Å². The first kappa shape index (κ1) is 21.3. The Morgan fingerprint density at radius 2 is 1.53 bits per heavy atom. The van der Waals surface area contributed by atoms with Crippen LogP contribution in [0.25, 0.3) is 0 Å². The lowest BCUT2D eigenvalue weighted by molar-refractivity contribution is -0.384. The van der Waals surface area contributed by atoms with Gasteiger partial charge in [-0.3, -0.25) is 19.6 Å². The number of hydrogen-bond acceptors (Lipinski definition) is 5. The number of nitrogens with one attached hydrogen (secondary N) is 1. The van der Waals surface area contributed by atoms with Crippen molar-refractivity contribution in [1.29, 1.82) is 0 Å². The van der Waals surface area contributed by atoms with Gasteiger partial charge in [-0.05, 0) is 60.7 Å². The molecule has 3 rings (SSSR count). The van der Waals surface area contributed by atoms with E-state index in [-0.39, 0.29) is 22.2 Å². The number of anilines is 2. The Balaban J connectivity index is 1.74. The zero-order valence-electron chi connectivity index (χ0n) is 15.7. The molecule has 0 saturated heterocycles. The van der Waals surface area contributed by atoms with Crippen molar-refractivity contribution in [1.82, 2.24) is 0 Å². The summed E-state index contributed by atoms with van der Waals surface area (Å²) in [6.45, 7) is 0. The van der Waals surface area contributed by atoms with Gasteiger partial charge < -0.3 is 4.90 Å². The number of halogens is 1. The molecule has 0 radical (unpaired) electrons. The first-order valence-corrected chi connectivity index (χ1v) is 10.4. The van der Waals surface area contributed by atoms with Crippen LogP contribution < -0.4 is 9.62 Å². The van der Waals surface area contributed by atoms with E-state index in [0.29, 0.717) is 16.3 Å². The molecule has 154 valence electrons. The molecule has 1 amide bonds. The number of rotatable bonds is 6. The van der Waals surface area contributed by atoms with E-state index < -0.39 is 14.9 Å². The standard InChI is InChI=1S/C20H16ClN3O5S/c1-23(20(25)14-2-4-15(21)5-3-14)17-8-6-16(7-9-17)22-30(28,29)19-12-10-18(11-13-19)24(26)27/h2-13,22H,1H3. The topological polar surface area (TPSA) is 110 Å². The Hall–Kier alpha value is -3.43. The molecule has 0 aliphatic carbocycles. The molecule has 3 aromatic carbocycles. The van der Waals surface area contributed by atoms with E-state index >= 15 is 0 Å². The molecule has 0 unspecified atom stereocenters. The van der Waals surface area contributed by atoms with Crippen LogP contribution in [-0.2, 0) is 10.0 Å². The lowest BCUT2D eigenvalue weighted by atomic mass is 10.2. The third-order valence-electron chi connectivity index (χ3n) is 4.26. The first-order valence-electron chi connectivity index (χ1n) is 8.58. The van der Waals surface area contributed by atoms with Gasteiger partial charge >= 0.3 is 0 Å². The smallest absolute Gasteiger partial charge is 0.269 e. The molecular weight excluding hydrogens is 430 g/mol. The number of carbonyl (C=O) groups excluding carboxylic acids is 1. The number of nitro benzene ring substituents is 1. The van der Waals surface area contributed by atoms with Crippen LogP contribution in [0.4, 0.5) is 17.1 Å². The highest BCUT2D eigenvalue weighted by Gasteiger charge is 2.17. The highest BCUT2D eigenvalue weighted by molar-refractivity contribution is 7.92.